The molecule has 0 saturated carbocycles. The Morgan fingerprint density at radius 2 is 1.40 bits per heavy atom. The predicted octanol–water partition coefficient (Wildman–Crippen LogP) is 2.88. The minimum atomic E-state index is 1.34. The first-order valence-electron chi connectivity index (χ1n) is 3.17. The fourth-order valence-electron chi connectivity index (χ4n) is 0.807. The van der Waals surface area contributed by atoms with E-state index in [-0.39, 0.29) is 0 Å². The summed E-state index contributed by atoms with van der Waals surface area (Å²) < 4.78 is 0. The third-order valence-corrected chi connectivity index (χ3v) is 1.17. The molecular formula is C9H13Ru. The predicted molar refractivity (Wildman–Crippen MR) is 41.8 cm³/mol. The summed E-state index contributed by atoms with van der Waals surface area (Å²) in [6.07, 6.45) is 0. The van der Waals surface area contributed by atoms with Crippen LogP contribution in [0.15, 0.2) is 24.3 Å². The molecule has 0 amide bonds. The van der Waals surface area contributed by atoms with Gasteiger partial charge in [0.15, 0.2) is 0 Å². The van der Waals surface area contributed by atoms with Crippen molar-refractivity contribution in [3.63, 3.8) is 0 Å². The van der Waals surface area contributed by atoms with E-state index in [1.54, 1.807) is 0 Å². The summed E-state index contributed by atoms with van der Waals surface area (Å²) in [5, 5.41) is 0. The van der Waals surface area contributed by atoms with E-state index in [4.69, 9.17) is 0 Å². The number of rotatable bonds is 0. The van der Waals surface area contributed by atoms with Gasteiger partial charge in [-0.1, -0.05) is 35.4 Å². The van der Waals surface area contributed by atoms with E-state index in [0.29, 0.717) is 0 Å². The zero-order valence-corrected chi connectivity index (χ0v) is 8.40. The number of aryl methyl sites for hydroxylation is 2. The average molecular weight is 222 g/mol. The van der Waals surface area contributed by atoms with Crippen LogP contribution in [0.3, 0.4) is 0 Å². The second-order valence-corrected chi connectivity index (χ2v) is 2.16. The number of benzene rings is 1. The van der Waals surface area contributed by atoms with Crippen LogP contribution in [0.2, 0.25) is 5.52 Å². The zero-order chi connectivity index (χ0) is 7.98. The molecule has 0 bridgehead atoms. The van der Waals surface area contributed by atoms with Crippen LogP contribution in [0, 0.1) is 13.8 Å². The van der Waals surface area contributed by atoms with Gasteiger partial charge in [0, 0.05) is 0 Å². The Morgan fingerprint density at radius 3 is 1.60 bits per heavy atom. The van der Waals surface area contributed by atoms with Crippen molar-refractivity contribution in [3.05, 3.63) is 35.4 Å². The van der Waals surface area contributed by atoms with Gasteiger partial charge in [-0.2, -0.15) is 0 Å². The molecule has 57 valence electrons. The summed E-state index contributed by atoms with van der Waals surface area (Å²) in [4.78, 5) is 0. The normalized spacial score (nSPS) is 8.00. The second-order valence-electron chi connectivity index (χ2n) is 2.16. The van der Waals surface area contributed by atoms with E-state index in [2.05, 4.69) is 56.4 Å². The maximum absolute atomic E-state index is 2.35. The summed E-state index contributed by atoms with van der Waals surface area (Å²) in [7, 11) is 0. The molecule has 0 N–H and O–H groups in total. The second kappa shape index (κ2) is 5.61. The van der Waals surface area contributed by atoms with E-state index in [0.717, 1.165) is 0 Å². The van der Waals surface area contributed by atoms with Gasteiger partial charge in [-0.25, -0.2) is 0 Å². The molecule has 0 aliphatic heterocycles. The molecule has 0 atom stereocenters. The molecular weight excluding hydrogens is 209 g/mol. The van der Waals surface area contributed by atoms with E-state index in [9.17, 15) is 0 Å². The van der Waals surface area contributed by atoms with Gasteiger partial charge >= 0.3 is 23.8 Å². The van der Waals surface area contributed by atoms with Crippen molar-refractivity contribution >= 4 is 0 Å². The van der Waals surface area contributed by atoms with Gasteiger partial charge in [0.25, 0.3) is 0 Å². The number of hydrogen-bond donors (Lipinski definition) is 0. The van der Waals surface area contributed by atoms with Crippen molar-refractivity contribution in [1.82, 2.24) is 0 Å². The van der Waals surface area contributed by atoms with Gasteiger partial charge in [-0.3, -0.25) is 0 Å². The van der Waals surface area contributed by atoms with E-state index >= 15 is 0 Å². The van der Waals surface area contributed by atoms with Gasteiger partial charge in [-0.15, -0.1) is 0 Å². The number of hydrogen-bond acceptors (Lipinski definition) is 0. The van der Waals surface area contributed by atoms with Crippen molar-refractivity contribution < 1.29 is 18.3 Å². The summed E-state index contributed by atoms with van der Waals surface area (Å²) >= 11 is 2.35. The van der Waals surface area contributed by atoms with Gasteiger partial charge < -0.3 is 0 Å². The first-order chi connectivity index (χ1) is 4.79. The Kier molecular flexibility index (Phi) is 5.53. The van der Waals surface area contributed by atoms with Crippen LogP contribution in [-0.2, 0) is 18.3 Å². The molecule has 0 heterocycles. The summed E-state index contributed by atoms with van der Waals surface area (Å²) in [5.41, 5.74) is 4.61. The molecule has 0 unspecified atom stereocenters. The standard InChI is InChI=1S/C8H10.CH3.Ru/c1-7-4-3-5-8(2)6-7;;/h3-6H,1-2H3;1H3;. The van der Waals surface area contributed by atoms with Crippen LogP contribution in [0.25, 0.3) is 0 Å². The molecule has 0 spiro atoms. The summed E-state index contributed by atoms with van der Waals surface area (Å²) in [6.45, 7) is 4.21. The molecule has 0 nitrogen and oxygen atoms in total. The minimum absolute atomic E-state index is 1.34. The summed E-state index contributed by atoms with van der Waals surface area (Å²) in [5.74, 6) is 0. The van der Waals surface area contributed by atoms with Crippen LogP contribution < -0.4 is 0 Å². The van der Waals surface area contributed by atoms with Crippen LogP contribution >= 0.6 is 0 Å². The van der Waals surface area contributed by atoms with Crippen molar-refractivity contribution in [2.75, 3.05) is 0 Å². The Labute approximate surface area is 73.3 Å². The zero-order valence-electron chi connectivity index (χ0n) is 6.66. The molecule has 1 rings (SSSR count). The monoisotopic (exact) mass is 223 g/mol. The van der Waals surface area contributed by atoms with E-state index in [1.807, 2.05) is 5.52 Å². The van der Waals surface area contributed by atoms with Crippen LogP contribution in [0.4, 0.5) is 0 Å². The molecule has 0 fully saturated rings. The fraction of sp³-hybridized carbons (Fsp3) is 0.333. The van der Waals surface area contributed by atoms with E-state index < -0.39 is 0 Å². The molecule has 1 aromatic carbocycles. The topological polar surface area (TPSA) is 0 Å². The van der Waals surface area contributed by atoms with Crippen LogP contribution in [0.1, 0.15) is 11.1 Å². The Bertz CT molecular complexity index is 165. The Balaban J connectivity index is 0.000000371. The van der Waals surface area contributed by atoms with Crippen molar-refractivity contribution in [2.24, 2.45) is 0 Å². The van der Waals surface area contributed by atoms with Crippen molar-refractivity contribution in [2.45, 2.75) is 19.4 Å². The molecule has 0 aromatic heterocycles. The van der Waals surface area contributed by atoms with Crippen LogP contribution in [-0.4, -0.2) is 0 Å². The van der Waals surface area contributed by atoms with Gasteiger partial charge in [0.2, 0.25) is 0 Å². The first kappa shape index (κ1) is 9.84. The van der Waals surface area contributed by atoms with Gasteiger partial charge in [-0.05, 0) is 13.8 Å². The quantitative estimate of drug-likeness (QED) is 0.592. The molecule has 0 radical (unpaired) electrons. The molecule has 0 aliphatic rings. The fourth-order valence-corrected chi connectivity index (χ4v) is 0.807. The third kappa shape index (κ3) is 3.79. The third-order valence-electron chi connectivity index (χ3n) is 1.17. The summed E-state index contributed by atoms with van der Waals surface area (Å²) in [6, 6.07) is 8.45. The maximum atomic E-state index is 2.35. The SMILES string of the molecule is Cc1cccc(C)c1.[CH3][Ru]. The molecule has 1 heteroatoms. The van der Waals surface area contributed by atoms with E-state index in [1.165, 1.54) is 11.1 Å². The van der Waals surface area contributed by atoms with Crippen molar-refractivity contribution in [3.8, 4) is 0 Å². The Hall–Kier alpha value is -0.157. The van der Waals surface area contributed by atoms with Crippen LogP contribution in [0.5, 0.6) is 0 Å². The van der Waals surface area contributed by atoms with Gasteiger partial charge in [0.05, 0.1) is 0 Å². The molecule has 1 aromatic rings. The van der Waals surface area contributed by atoms with Gasteiger partial charge in [0.1, 0.15) is 0 Å². The molecule has 0 aliphatic carbocycles. The van der Waals surface area contributed by atoms with Crippen molar-refractivity contribution in [1.29, 1.82) is 0 Å². The average Bonchev–Trinajstić information content (AvgIpc) is 1.91. The molecule has 10 heavy (non-hydrogen) atoms. The Morgan fingerprint density at radius 1 is 1.00 bits per heavy atom. The molecule has 0 saturated heterocycles. The first-order valence-corrected chi connectivity index (χ1v) is 4.91.